The van der Waals surface area contributed by atoms with Gasteiger partial charge >= 0.3 is 0 Å². The van der Waals surface area contributed by atoms with E-state index in [0.717, 1.165) is 49.5 Å². The molecule has 0 bridgehead atoms. The predicted molar refractivity (Wildman–Crippen MR) is 109 cm³/mol. The zero-order valence-electron chi connectivity index (χ0n) is 15.0. The Hall–Kier alpha value is -1.02. The Morgan fingerprint density at radius 1 is 1.33 bits per heavy atom. The third kappa shape index (κ3) is 7.25. The van der Waals surface area contributed by atoms with E-state index in [1.807, 2.05) is 31.3 Å². The molecule has 0 aromatic heterocycles. The van der Waals surface area contributed by atoms with Crippen molar-refractivity contribution in [2.45, 2.75) is 26.3 Å². The minimum Gasteiger partial charge on any atom is -0.496 e. The molecule has 0 heterocycles. The molecule has 1 aliphatic rings. The van der Waals surface area contributed by atoms with Crippen molar-refractivity contribution in [3.05, 3.63) is 29.8 Å². The van der Waals surface area contributed by atoms with Crippen LogP contribution in [0, 0.1) is 5.92 Å². The van der Waals surface area contributed by atoms with Crippen LogP contribution < -0.4 is 10.1 Å². The van der Waals surface area contributed by atoms with Gasteiger partial charge in [0.05, 0.1) is 20.3 Å². The molecule has 5 nitrogen and oxygen atoms in total. The van der Waals surface area contributed by atoms with Crippen LogP contribution in [0.15, 0.2) is 29.3 Å². The molecule has 0 unspecified atom stereocenters. The zero-order valence-corrected chi connectivity index (χ0v) is 17.3. The van der Waals surface area contributed by atoms with Gasteiger partial charge in [-0.05, 0) is 31.7 Å². The summed E-state index contributed by atoms with van der Waals surface area (Å²) in [5.74, 6) is 2.59. The van der Waals surface area contributed by atoms with Crippen LogP contribution in [0.4, 0.5) is 0 Å². The first-order valence-corrected chi connectivity index (χ1v) is 8.43. The van der Waals surface area contributed by atoms with E-state index in [1.165, 1.54) is 12.8 Å². The van der Waals surface area contributed by atoms with Gasteiger partial charge in [-0.15, -0.1) is 24.0 Å². The molecule has 1 aromatic rings. The second kappa shape index (κ2) is 11.5. The minimum absolute atomic E-state index is 0. The number of nitrogens with zero attached hydrogens (tertiary/aromatic N) is 2. The summed E-state index contributed by atoms with van der Waals surface area (Å²) < 4.78 is 11.1. The van der Waals surface area contributed by atoms with Gasteiger partial charge in [-0.1, -0.05) is 18.2 Å². The number of hydrogen-bond acceptors (Lipinski definition) is 3. The van der Waals surface area contributed by atoms with Gasteiger partial charge < -0.3 is 19.7 Å². The maximum Gasteiger partial charge on any atom is 0.194 e. The Kier molecular flexibility index (Phi) is 10.1. The van der Waals surface area contributed by atoms with Crippen molar-refractivity contribution in [1.29, 1.82) is 0 Å². The normalized spacial score (nSPS) is 14.0. The molecule has 1 N–H and O–H groups in total. The molecule has 0 atom stereocenters. The maximum atomic E-state index is 5.71. The number of hydrogen-bond donors (Lipinski definition) is 1. The average Bonchev–Trinajstić information content (AvgIpc) is 3.39. The molecule has 0 radical (unpaired) electrons. The van der Waals surface area contributed by atoms with Gasteiger partial charge in [0.1, 0.15) is 5.75 Å². The largest absolute Gasteiger partial charge is 0.496 e. The summed E-state index contributed by atoms with van der Waals surface area (Å²) in [6.07, 6.45) is 2.66. The monoisotopic (exact) mass is 447 g/mol. The molecule has 0 amide bonds. The second-order valence-electron chi connectivity index (χ2n) is 5.92. The van der Waals surface area contributed by atoms with Crippen molar-refractivity contribution in [1.82, 2.24) is 10.2 Å². The third-order valence-electron chi connectivity index (χ3n) is 3.91. The summed E-state index contributed by atoms with van der Waals surface area (Å²) in [7, 11) is 3.74. The summed E-state index contributed by atoms with van der Waals surface area (Å²) in [6, 6.07) is 7.99. The van der Waals surface area contributed by atoms with Crippen LogP contribution in [0.1, 0.15) is 25.3 Å². The van der Waals surface area contributed by atoms with Gasteiger partial charge in [0.15, 0.2) is 5.96 Å². The van der Waals surface area contributed by atoms with Crippen LogP contribution in [0.3, 0.4) is 0 Å². The van der Waals surface area contributed by atoms with Crippen LogP contribution in [0.2, 0.25) is 0 Å². The predicted octanol–water partition coefficient (Wildman–Crippen LogP) is 3.14. The molecule has 0 spiro atoms. The first-order valence-electron chi connectivity index (χ1n) is 8.43. The van der Waals surface area contributed by atoms with E-state index < -0.39 is 0 Å². The van der Waals surface area contributed by atoms with Crippen molar-refractivity contribution in [2.24, 2.45) is 10.9 Å². The van der Waals surface area contributed by atoms with Crippen molar-refractivity contribution >= 4 is 29.9 Å². The van der Waals surface area contributed by atoms with E-state index in [2.05, 4.69) is 17.1 Å². The number of para-hydroxylation sites is 1. The summed E-state index contributed by atoms with van der Waals surface area (Å²) >= 11 is 0. The Morgan fingerprint density at radius 3 is 2.75 bits per heavy atom. The highest BCUT2D eigenvalue weighted by atomic mass is 127. The SMILES string of the molecule is CCNC(=NCc1ccccc1OC)N(C)CCOCC1CC1.I. The fourth-order valence-corrected chi connectivity index (χ4v) is 2.31. The summed E-state index contributed by atoms with van der Waals surface area (Å²) in [6.45, 7) is 6.01. The van der Waals surface area contributed by atoms with Crippen LogP contribution in [0.25, 0.3) is 0 Å². The summed E-state index contributed by atoms with van der Waals surface area (Å²) in [4.78, 5) is 6.83. The highest BCUT2D eigenvalue weighted by Crippen LogP contribution is 2.28. The first-order chi connectivity index (χ1) is 11.2. The molecule has 6 heteroatoms. The van der Waals surface area contributed by atoms with E-state index >= 15 is 0 Å². The lowest BCUT2D eigenvalue weighted by Gasteiger charge is -2.22. The number of halogens is 1. The first kappa shape index (κ1) is 21.0. The van der Waals surface area contributed by atoms with Crippen LogP contribution in [0.5, 0.6) is 5.75 Å². The summed E-state index contributed by atoms with van der Waals surface area (Å²) in [5, 5.41) is 3.33. The quantitative estimate of drug-likeness (QED) is 0.274. The highest BCUT2D eigenvalue weighted by Gasteiger charge is 2.21. The van der Waals surface area contributed by atoms with Gasteiger partial charge in [-0.2, -0.15) is 0 Å². The molecule has 0 aliphatic heterocycles. The number of guanidine groups is 1. The minimum atomic E-state index is 0. The van der Waals surface area contributed by atoms with Crippen molar-refractivity contribution in [3.63, 3.8) is 0 Å². The number of methoxy groups -OCH3 is 1. The topological polar surface area (TPSA) is 46.1 Å². The fourth-order valence-electron chi connectivity index (χ4n) is 2.31. The third-order valence-corrected chi connectivity index (χ3v) is 3.91. The highest BCUT2D eigenvalue weighted by molar-refractivity contribution is 14.0. The fraction of sp³-hybridized carbons (Fsp3) is 0.611. The molecule has 2 rings (SSSR count). The Bertz CT molecular complexity index is 507. The van der Waals surface area contributed by atoms with Crippen LogP contribution in [-0.4, -0.2) is 51.3 Å². The molecule has 24 heavy (non-hydrogen) atoms. The van der Waals surface area contributed by atoms with Gasteiger partial charge in [0, 0.05) is 32.3 Å². The van der Waals surface area contributed by atoms with E-state index in [9.17, 15) is 0 Å². The van der Waals surface area contributed by atoms with E-state index in [1.54, 1.807) is 7.11 Å². The zero-order chi connectivity index (χ0) is 16.5. The Labute approximate surface area is 162 Å². The second-order valence-corrected chi connectivity index (χ2v) is 5.92. The Balaban J connectivity index is 0.00000288. The van der Waals surface area contributed by atoms with Crippen molar-refractivity contribution in [2.75, 3.05) is 40.5 Å². The number of ether oxygens (including phenoxy) is 2. The van der Waals surface area contributed by atoms with Gasteiger partial charge in [0.25, 0.3) is 0 Å². The molecule has 1 aliphatic carbocycles. The Morgan fingerprint density at radius 2 is 2.08 bits per heavy atom. The van der Waals surface area contributed by atoms with Gasteiger partial charge in [0.2, 0.25) is 0 Å². The lowest BCUT2D eigenvalue weighted by molar-refractivity contribution is 0.115. The van der Waals surface area contributed by atoms with Crippen molar-refractivity contribution in [3.8, 4) is 5.75 Å². The standard InChI is InChI=1S/C18H29N3O2.HI/c1-4-19-18(21(2)11-12-23-14-15-9-10-15)20-13-16-7-5-6-8-17(16)22-3;/h5-8,15H,4,9-14H2,1-3H3,(H,19,20);1H. The van der Waals surface area contributed by atoms with E-state index in [4.69, 9.17) is 14.5 Å². The lowest BCUT2D eigenvalue weighted by atomic mass is 10.2. The lowest BCUT2D eigenvalue weighted by Crippen LogP contribution is -2.40. The molecular weight excluding hydrogens is 417 g/mol. The van der Waals surface area contributed by atoms with Gasteiger partial charge in [-0.25, -0.2) is 4.99 Å². The van der Waals surface area contributed by atoms with Crippen molar-refractivity contribution < 1.29 is 9.47 Å². The number of nitrogens with one attached hydrogen (secondary N) is 1. The number of benzene rings is 1. The van der Waals surface area contributed by atoms with E-state index in [0.29, 0.717) is 6.54 Å². The smallest absolute Gasteiger partial charge is 0.194 e. The number of likely N-dealkylation sites (N-methyl/N-ethyl adjacent to an activating group) is 1. The van der Waals surface area contributed by atoms with E-state index in [-0.39, 0.29) is 24.0 Å². The molecule has 0 saturated heterocycles. The van der Waals surface area contributed by atoms with Crippen LogP contribution in [-0.2, 0) is 11.3 Å². The molecular formula is C18H30IN3O2. The maximum absolute atomic E-state index is 5.71. The van der Waals surface area contributed by atoms with Crippen LogP contribution >= 0.6 is 24.0 Å². The number of aliphatic imine (C=N–C) groups is 1. The average molecular weight is 447 g/mol. The molecule has 136 valence electrons. The molecule has 1 saturated carbocycles. The molecule has 1 aromatic carbocycles. The number of rotatable bonds is 9. The van der Waals surface area contributed by atoms with Gasteiger partial charge in [-0.3, -0.25) is 0 Å². The molecule has 1 fully saturated rings. The summed E-state index contributed by atoms with van der Waals surface area (Å²) in [5.41, 5.74) is 1.09.